The van der Waals surface area contributed by atoms with Gasteiger partial charge >= 0.3 is 5.97 Å². The van der Waals surface area contributed by atoms with Gasteiger partial charge in [0.05, 0.1) is 10.0 Å². The summed E-state index contributed by atoms with van der Waals surface area (Å²) < 4.78 is 0. The van der Waals surface area contributed by atoms with Crippen LogP contribution in [0.1, 0.15) is 5.56 Å². The van der Waals surface area contributed by atoms with E-state index in [0.717, 1.165) is 0 Å². The maximum Gasteiger partial charge on any atom is 0.317 e. The monoisotopic (exact) mass is 312 g/mol. The Morgan fingerprint density at radius 1 is 1.40 bits per heavy atom. The summed E-state index contributed by atoms with van der Waals surface area (Å²) in [6.45, 7) is 0. The Kier molecular flexibility index (Phi) is 4.25. The summed E-state index contributed by atoms with van der Waals surface area (Å²) in [6, 6.07) is 2.97. The van der Waals surface area contributed by atoms with Crippen molar-refractivity contribution in [2.75, 3.05) is 0 Å². The van der Waals surface area contributed by atoms with Crippen molar-refractivity contribution in [2.24, 2.45) is 0 Å². The van der Waals surface area contributed by atoms with Crippen LogP contribution < -0.4 is 0 Å². The van der Waals surface area contributed by atoms with E-state index in [9.17, 15) is 9.90 Å². The average molecular weight is 314 g/mol. The van der Waals surface area contributed by atoms with Crippen LogP contribution in [0.15, 0.2) is 12.1 Å². The van der Waals surface area contributed by atoms with Gasteiger partial charge in [0.15, 0.2) is 5.75 Å². The summed E-state index contributed by atoms with van der Waals surface area (Å²) in [4.78, 5) is 9.88. The van der Waals surface area contributed by atoms with Gasteiger partial charge < -0.3 is 10.2 Å². The molecule has 0 aromatic heterocycles. The molecule has 0 bridgehead atoms. The molecule has 0 aliphatic heterocycles. The van der Waals surface area contributed by atoms with Crippen LogP contribution in [-0.2, 0) is 11.2 Å². The van der Waals surface area contributed by atoms with Crippen molar-refractivity contribution in [1.82, 2.24) is 0 Å². The summed E-state index contributed by atoms with van der Waals surface area (Å²) in [5.41, 5.74) is 0.645. The first kappa shape index (κ1) is 12.6. The molecule has 15 heavy (non-hydrogen) atoms. The van der Waals surface area contributed by atoms with Gasteiger partial charge in [0.1, 0.15) is 4.83 Å². The molecule has 0 unspecified atom stereocenters. The first-order valence-corrected chi connectivity index (χ1v) is 5.62. The van der Waals surface area contributed by atoms with Gasteiger partial charge in [-0.2, -0.15) is 0 Å². The summed E-state index contributed by atoms with van der Waals surface area (Å²) in [6.07, 6.45) is 0.245. The number of phenolic OH excluding ortho intramolecular Hbond substituents is 1. The maximum absolute atomic E-state index is 10.6. The van der Waals surface area contributed by atoms with Crippen LogP contribution >= 0.6 is 39.1 Å². The lowest BCUT2D eigenvalue weighted by molar-refractivity contribution is -0.136. The van der Waals surface area contributed by atoms with Crippen molar-refractivity contribution in [3.05, 3.63) is 27.7 Å². The van der Waals surface area contributed by atoms with Crippen molar-refractivity contribution >= 4 is 45.1 Å². The van der Waals surface area contributed by atoms with E-state index in [1.165, 1.54) is 12.1 Å². The molecule has 0 aliphatic carbocycles. The number of aliphatic carboxylic acids is 1. The number of hydrogen-bond donors (Lipinski definition) is 2. The zero-order valence-electron chi connectivity index (χ0n) is 7.38. The lowest BCUT2D eigenvalue weighted by Gasteiger charge is -2.07. The Bertz CT molecular complexity index is 372. The number of carbonyl (C=O) groups is 1. The van der Waals surface area contributed by atoms with Gasteiger partial charge in [-0.05, 0) is 24.1 Å². The lowest BCUT2D eigenvalue weighted by Crippen LogP contribution is -2.15. The standard InChI is InChI=1S/C9H7BrCl2O3/c10-5(9(14)15)1-4-2-6(11)8(13)7(12)3-4/h2-3,5,13H,1H2,(H,14,15)/t5-/m0/s1. The molecule has 3 nitrogen and oxygen atoms in total. The van der Waals surface area contributed by atoms with E-state index >= 15 is 0 Å². The predicted octanol–water partition coefficient (Wildman–Crippen LogP) is 3.09. The highest BCUT2D eigenvalue weighted by atomic mass is 79.9. The van der Waals surface area contributed by atoms with Crippen molar-refractivity contribution in [3.8, 4) is 5.75 Å². The highest BCUT2D eigenvalue weighted by Gasteiger charge is 2.15. The quantitative estimate of drug-likeness (QED) is 0.843. The summed E-state index contributed by atoms with van der Waals surface area (Å²) in [7, 11) is 0. The van der Waals surface area contributed by atoms with Crippen LogP contribution in [0.2, 0.25) is 10.0 Å². The normalized spacial score (nSPS) is 12.5. The van der Waals surface area contributed by atoms with Crippen molar-refractivity contribution in [2.45, 2.75) is 11.2 Å². The molecular weight excluding hydrogens is 307 g/mol. The SMILES string of the molecule is O=C(O)[C@@H](Br)Cc1cc(Cl)c(O)c(Cl)c1. The summed E-state index contributed by atoms with van der Waals surface area (Å²) in [5, 5.41) is 18.2. The van der Waals surface area contributed by atoms with E-state index in [2.05, 4.69) is 15.9 Å². The van der Waals surface area contributed by atoms with Crippen LogP contribution in [0.25, 0.3) is 0 Å². The Hall–Kier alpha value is -0.450. The molecule has 6 heteroatoms. The Balaban J connectivity index is 2.92. The van der Waals surface area contributed by atoms with Gasteiger partial charge in [0.25, 0.3) is 0 Å². The highest BCUT2D eigenvalue weighted by Crippen LogP contribution is 2.33. The minimum absolute atomic E-state index is 0.114. The number of hydrogen-bond acceptors (Lipinski definition) is 2. The van der Waals surface area contributed by atoms with Gasteiger partial charge in [0.2, 0.25) is 0 Å². The number of phenols is 1. The molecule has 0 radical (unpaired) electrons. The Morgan fingerprint density at radius 2 is 1.87 bits per heavy atom. The Labute approximate surface area is 105 Å². The third-order valence-corrected chi connectivity index (χ3v) is 3.05. The average Bonchev–Trinajstić information content (AvgIpc) is 2.13. The second-order valence-corrected chi connectivity index (χ2v) is 4.84. The second kappa shape index (κ2) is 5.05. The van der Waals surface area contributed by atoms with Gasteiger partial charge in [-0.15, -0.1) is 0 Å². The van der Waals surface area contributed by atoms with Crippen LogP contribution in [0, 0.1) is 0 Å². The zero-order chi connectivity index (χ0) is 11.6. The number of aromatic hydroxyl groups is 1. The summed E-state index contributed by atoms with van der Waals surface area (Å²) >= 11 is 14.4. The second-order valence-electron chi connectivity index (χ2n) is 2.92. The van der Waals surface area contributed by atoms with Gasteiger partial charge in [-0.1, -0.05) is 39.1 Å². The fourth-order valence-electron chi connectivity index (χ4n) is 1.03. The van der Waals surface area contributed by atoms with Crippen LogP contribution in [0.5, 0.6) is 5.75 Å². The van der Waals surface area contributed by atoms with E-state index in [4.69, 9.17) is 28.3 Å². The van der Waals surface area contributed by atoms with Crippen molar-refractivity contribution < 1.29 is 15.0 Å². The topological polar surface area (TPSA) is 57.5 Å². The van der Waals surface area contributed by atoms with E-state index in [0.29, 0.717) is 5.56 Å². The van der Waals surface area contributed by atoms with E-state index < -0.39 is 10.8 Å². The maximum atomic E-state index is 10.6. The van der Waals surface area contributed by atoms with Gasteiger partial charge in [-0.3, -0.25) is 4.79 Å². The highest BCUT2D eigenvalue weighted by molar-refractivity contribution is 9.10. The molecule has 0 saturated carbocycles. The predicted molar refractivity (Wildman–Crippen MR) is 62.2 cm³/mol. The third-order valence-electron chi connectivity index (χ3n) is 1.76. The molecule has 1 rings (SSSR count). The van der Waals surface area contributed by atoms with Crippen LogP contribution in [0.3, 0.4) is 0 Å². The lowest BCUT2D eigenvalue weighted by atomic mass is 10.1. The fraction of sp³-hybridized carbons (Fsp3) is 0.222. The van der Waals surface area contributed by atoms with Gasteiger partial charge in [-0.25, -0.2) is 0 Å². The van der Waals surface area contributed by atoms with Crippen molar-refractivity contribution in [3.63, 3.8) is 0 Å². The molecule has 0 amide bonds. The molecular formula is C9H7BrCl2O3. The third kappa shape index (κ3) is 3.26. The Morgan fingerprint density at radius 3 is 2.27 bits per heavy atom. The minimum atomic E-state index is -0.963. The number of halogens is 3. The van der Waals surface area contributed by atoms with E-state index in [1.807, 2.05) is 0 Å². The largest absolute Gasteiger partial charge is 0.505 e. The van der Waals surface area contributed by atoms with Gasteiger partial charge in [0, 0.05) is 0 Å². The van der Waals surface area contributed by atoms with Crippen LogP contribution in [0.4, 0.5) is 0 Å². The molecule has 0 fully saturated rings. The first-order chi connectivity index (χ1) is 6.91. The molecule has 0 saturated heterocycles. The molecule has 1 atom stereocenters. The molecule has 1 aromatic carbocycles. The number of carboxylic acid groups (broad SMARTS) is 1. The molecule has 2 N–H and O–H groups in total. The fourth-order valence-corrected chi connectivity index (χ4v) is 1.94. The first-order valence-electron chi connectivity index (χ1n) is 3.95. The number of benzene rings is 1. The molecule has 0 heterocycles. The molecule has 0 aliphatic rings. The molecule has 0 spiro atoms. The minimum Gasteiger partial charge on any atom is -0.505 e. The van der Waals surface area contributed by atoms with Crippen molar-refractivity contribution in [1.29, 1.82) is 0 Å². The van der Waals surface area contributed by atoms with E-state index in [1.54, 1.807) is 0 Å². The summed E-state index contributed by atoms with van der Waals surface area (Å²) in [5.74, 6) is -1.15. The van der Waals surface area contributed by atoms with Crippen LogP contribution in [-0.4, -0.2) is 21.0 Å². The zero-order valence-corrected chi connectivity index (χ0v) is 10.5. The number of carboxylic acids is 1. The number of rotatable bonds is 3. The molecule has 82 valence electrons. The number of alkyl halides is 1. The molecule has 1 aromatic rings. The smallest absolute Gasteiger partial charge is 0.317 e. The van der Waals surface area contributed by atoms with E-state index in [-0.39, 0.29) is 22.2 Å².